The van der Waals surface area contributed by atoms with Crippen molar-refractivity contribution in [1.82, 2.24) is 9.34 Å². The molecule has 0 aromatic heterocycles. The van der Waals surface area contributed by atoms with E-state index in [0.717, 1.165) is 6.42 Å². The first-order valence-corrected chi connectivity index (χ1v) is 9.88. The molecule has 0 saturated heterocycles. The summed E-state index contributed by atoms with van der Waals surface area (Å²) in [5.41, 5.74) is 1.20. The van der Waals surface area contributed by atoms with Crippen molar-refractivity contribution in [3.63, 3.8) is 0 Å². The summed E-state index contributed by atoms with van der Waals surface area (Å²) in [6, 6.07) is 11.5. The van der Waals surface area contributed by atoms with Crippen LogP contribution in [0.1, 0.15) is 61.0 Å². The third kappa shape index (κ3) is 5.53. The Hall–Kier alpha value is -0.470. The zero-order valence-electron chi connectivity index (χ0n) is 16.1. The van der Waals surface area contributed by atoms with Crippen molar-refractivity contribution in [2.45, 2.75) is 85.5 Å². The minimum Gasteiger partial charge on any atom is -0.347 e. The Bertz CT molecular complexity index is 452. The summed E-state index contributed by atoms with van der Waals surface area (Å²) in [7, 11) is -1.34. The highest BCUT2D eigenvalue weighted by atomic mass is 31.2. The van der Waals surface area contributed by atoms with Crippen LogP contribution in [-0.2, 0) is 6.42 Å². The highest BCUT2D eigenvalue weighted by Gasteiger charge is 2.39. The summed E-state index contributed by atoms with van der Waals surface area (Å²) in [4.78, 5) is 11.2. The fourth-order valence-electron chi connectivity index (χ4n) is 3.44. The van der Waals surface area contributed by atoms with Crippen LogP contribution in [0.25, 0.3) is 0 Å². The maximum atomic E-state index is 11.2. The first kappa shape index (κ1) is 20.6. The van der Waals surface area contributed by atoms with E-state index in [4.69, 9.17) is 0 Å². The van der Waals surface area contributed by atoms with Gasteiger partial charge in [-0.2, -0.15) is 0 Å². The Morgan fingerprint density at radius 2 is 1.39 bits per heavy atom. The predicted octanol–water partition coefficient (Wildman–Crippen LogP) is 5.06. The Balaban J connectivity index is 3.08. The average molecular weight is 338 g/mol. The summed E-state index contributed by atoms with van der Waals surface area (Å²) in [6.07, 6.45) is 0.926. The number of benzene rings is 1. The third-order valence-electron chi connectivity index (χ3n) is 4.05. The molecule has 4 heteroatoms. The topological polar surface area (TPSA) is 26.7 Å². The van der Waals surface area contributed by atoms with E-state index in [1.807, 2.05) is 0 Å². The van der Waals surface area contributed by atoms with Gasteiger partial charge in [-0.1, -0.05) is 30.3 Å². The maximum Gasteiger partial charge on any atom is 0.186 e. The second-order valence-electron chi connectivity index (χ2n) is 7.75. The van der Waals surface area contributed by atoms with E-state index in [9.17, 15) is 4.89 Å². The lowest BCUT2D eigenvalue weighted by molar-refractivity contribution is 0.154. The molecule has 1 aromatic carbocycles. The van der Waals surface area contributed by atoms with E-state index in [-0.39, 0.29) is 11.6 Å². The van der Waals surface area contributed by atoms with Crippen molar-refractivity contribution >= 4 is 8.45 Å². The molecule has 132 valence electrons. The molecule has 0 heterocycles. The molecule has 0 bridgehead atoms. The van der Waals surface area contributed by atoms with E-state index in [2.05, 4.69) is 95.1 Å². The van der Waals surface area contributed by atoms with E-state index < -0.39 is 8.45 Å². The Morgan fingerprint density at radius 3 is 1.78 bits per heavy atom. The van der Waals surface area contributed by atoms with Gasteiger partial charge in [0, 0.05) is 23.7 Å². The number of rotatable bonds is 8. The summed E-state index contributed by atoms with van der Waals surface area (Å²) >= 11 is 0. The van der Waals surface area contributed by atoms with Crippen LogP contribution < -0.4 is 0 Å². The molecule has 23 heavy (non-hydrogen) atoms. The number of nitrogens with zero attached hydrogens (tertiary/aromatic N) is 2. The molecule has 1 rings (SSSR count). The van der Waals surface area contributed by atoms with Gasteiger partial charge in [-0.15, -0.1) is 0 Å². The van der Waals surface area contributed by atoms with Gasteiger partial charge >= 0.3 is 0 Å². The maximum absolute atomic E-state index is 11.2. The van der Waals surface area contributed by atoms with Crippen LogP contribution in [0.2, 0.25) is 0 Å². The van der Waals surface area contributed by atoms with E-state index in [1.165, 1.54) is 5.56 Å². The summed E-state index contributed by atoms with van der Waals surface area (Å²) in [6.45, 7) is 17.5. The number of hydrogen-bond donors (Lipinski definition) is 1. The van der Waals surface area contributed by atoms with Crippen LogP contribution in [0.5, 0.6) is 0 Å². The van der Waals surface area contributed by atoms with Gasteiger partial charge in [0.05, 0.1) is 0 Å². The molecule has 1 N–H and O–H groups in total. The van der Waals surface area contributed by atoms with Crippen molar-refractivity contribution in [2.24, 2.45) is 0 Å². The van der Waals surface area contributed by atoms with Crippen LogP contribution in [0, 0.1) is 0 Å². The van der Waals surface area contributed by atoms with Gasteiger partial charge in [-0.05, 0) is 67.4 Å². The Labute approximate surface area is 144 Å². The lowest BCUT2D eigenvalue weighted by atomic mass is 9.94. The minimum atomic E-state index is -1.34. The van der Waals surface area contributed by atoms with Crippen molar-refractivity contribution in [2.75, 3.05) is 0 Å². The molecule has 0 amide bonds. The monoisotopic (exact) mass is 338 g/mol. The van der Waals surface area contributed by atoms with E-state index >= 15 is 0 Å². The lowest BCUT2D eigenvalue weighted by Crippen LogP contribution is -2.50. The average Bonchev–Trinajstić information content (AvgIpc) is 2.36. The van der Waals surface area contributed by atoms with Gasteiger partial charge in [-0.25, -0.2) is 9.34 Å². The summed E-state index contributed by atoms with van der Waals surface area (Å²) in [5.74, 6) is 0. The zero-order chi connectivity index (χ0) is 17.8. The molecule has 1 aromatic rings. The quantitative estimate of drug-likeness (QED) is 0.672. The lowest BCUT2D eigenvalue weighted by Gasteiger charge is -2.48. The molecule has 1 unspecified atom stereocenters. The highest BCUT2D eigenvalue weighted by molar-refractivity contribution is 7.46. The normalized spacial score (nSPS) is 14.5. The van der Waals surface area contributed by atoms with Gasteiger partial charge in [0.1, 0.15) is 0 Å². The van der Waals surface area contributed by atoms with Crippen LogP contribution in [0.4, 0.5) is 0 Å². The van der Waals surface area contributed by atoms with Gasteiger partial charge in [0.15, 0.2) is 8.45 Å². The van der Waals surface area contributed by atoms with Crippen molar-refractivity contribution in [3.05, 3.63) is 35.9 Å². The predicted molar refractivity (Wildman–Crippen MR) is 102 cm³/mol. The van der Waals surface area contributed by atoms with Gasteiger partial charge in [-0.3, -0.25) is 0 Å². The highest BCUT2D eigenvalue weighted by Crippen LogP contribution is 2.49. The summed E-state index contributed by atoms with van der Waals surface area (Å²) in [5, 5.41) is 0. The third-order valence-corrected chi connectivity index (χ3v) is 6.77. The molecule has 0 saturated carbocycles. The molecule has 0 fully saturated rings. The molecular weight excluding hydrogens is 303 g/mol. The van der Waals surface area contributed by atoms with Crippen LogP contribution in [0.3, 0.4) is 0 Å². The molecule has 0 aliphatic carbocycles. The van der Waals surface area contributed by atoms with Crippen LogP contribution in [0.15, 0.2) is 30.3 Å². The second kappa shape index (κ2) is 8.58. The van der Waals surface area contributed by atoms with Crippen molar-refractivity contribution < 1.29 is 4.89 Å². The standard InChI is InChI=1S/C19H35N2OP/c1-15(2)20(16(3)4)23(22)21(17(5)6)19(7,8)14-18-12-10-9-11-13-18/h9-13,15-17,22H,14H2,1-8H3. The second-order valence-corrected chi connectivity index (χ2v) is 9.18. The zero-order valence-corrected chi connectivity index (χ0v) is 17.0. The fourth-order valence-corrected chi connectivity index (χ4v) is 5.46. The fraction of sp³-hybridized carbons (Fsp3) is 0.684. The van der Waals surface area contributed by atoms with Crippen molar-refractivity contribution in [3.8, 4) is 0 Å². The summed E-state index contributed by atoms with van der Waals surface area (Å²) < 4.78 is 4.54. The molecule has 3 nitrogen and oxygen atoms in total. The molecule has 1 atom stereocenters. The van der Waals surface area contributed by atoms with Crippen LogP contribution in [-0.4, -0.2) is 37.9 Å². The minimum absolute atomic E-state index is 0.113. The van der Waals surface area contributed by atoms with Gasteiger partial charge in [0.25, 0.3) is 0 Å². The first-order chi connectivity index (χ1) is 10.6. The molecule has 0 spiro atoms. The molecule has 0 aliphatic heterocycles. The smallest absolute Gasteiger partial charge is 0.186 e. The SMILES string of the molecule is CC(C)N(C(C)C)P(O)N(C(C)C)C(C)(C)Cc1ccccc1. The molecular formula is C19H35N2OP. The Kier molecular flexibility index (Phi) is 7.67. The molecule has 0 aliphatic rings. The van der Waals surface area contributed by atoms with Crippen molar-refractivity contribution in [1.29, 1.82) is 0 Å². The number of hydrogen-bond acceptors (Lipinski definition) is 3. The Morgan fingerprint density at radius 1 is 0.913 bits per heavy atom. The molecule has 0 radical (unpaired) electrons. The first-order valence-electron chi connectivity index (χ1n) is 8.68. The van der Waals surface area contributed by atoms with Crippen LogP contribution >= 0.6 is 8.45 Å². The van der Waals surface area contributed by atoms with Gasteiger partial charge in [0.2, 0.25) is 0 Å². The van der Waals surface area contributed by atoms with Gasteiger partial charge < -0.3 is 4.89 Å². The van der Waals surface area contributed by atoms with E-state index in [1.54, 1.807) is 0 Å². The largest absolute Gasteiger partial charge is 0.347 e. The van der Waals surface area contributed by atoms with E-state index in [0.29, 0.717) is 12.1 Å².